The van der Waals surface area contributed by atoms with Crippen molar-refractivity contribution in [2.45, 2.75) is 84.5 Å². The van der Waals surface area contributed by atoms with Crippen LogP contribution in [0, 0.1) is 39.9 Å². The minimum Gasteiger partial charge on any atom is -0.387 e. The van der Waals surface area contributed by atoms with Crippen LogP contribution in [0.3, 0.4) is 0 Å². The van der Waals surface area contributed by atoms with Gasteiger partial charge in [-0.1, -0.05) is 27.7 Å². The highest BCUT2D eigenvalue weighted by Gasteiger charge is 2.72. The molecule has 0 aromatic carbocycles. The minimum atomic E-state index is -1.95. The van der Waals surface area contributed by atoms with E-state index in [9.17, 15) is 15.3 Å². The van der Waals surface area contributed by atoms with Crippen LogP contribution in [0.4, 0.5) is 0 Å². The monoisotopic (exact) mass is 322 g/mol. The predicted molar refractivity (Wildman–Crippen MR) is 89.4 cm³/mol. The van der Waals surface area contributed by atoms with Crippen LogP contribution >= 0.6 is 0 Å². The molecule has 0 aliphatic heterocycles. The maximum absolute atomic E-state index is 11.1. The summed E-state index contributed by atoms with van der Waals surface area (Å²) in [5.74, 6) is 0.257. The summed E-state index contributed by atoms with van der Waals surface area (Å²) in [7, 11) is 0. The summed E-state index contributed by atoms with van der Waals surface area (Å²) >= 11 is 0. The average Bonchev–Trinajstić information content (AvgIpc) is 2.66. The fraction of sp³-hybridized carbons (Fsp3) is 1.00. The molecule has 1 unspecified atom stereocenters. The molecule has 0 saturated heterocycles. The van der Waals surface area contributed by atoms with E-state index in [4.69, 9.17) is 0 Å². The van der Waals surface area contributed by atoms with Gasteiger partial charge in [0.25, 0.3) is 0 Å². The lowest BCUT2D eigenvalue weighted by molar-refractivity contribution is -0.370. The summed E-state index contributed by atoms with van der Waals surface area (Å²) in [4.78, 5) is 0. The zero-order valence-electron chi connectivity index (χ0n) is 15.2. The second-order valence-electron chi connectivity index (χ2n) is 10.4. The number of rotatable bonds is 0. The third-order valence-electron chi connectivity index (χ3n) is 9.07. The fourth-order valence-electron chi connectivity index (χ4n) is 8.12. The van der Waals surface area contributed by atoms with Crippen molar-refractivity contribution in [2.75, 3.05) is 0 Å². The highest BCUT2D eigenvalue weighted by Crippen LogP contribution is 2.73. The Hall–Kier alpha value is -0.120. The van der Waals surface area contributed by atoms with Gasteiger partial charge in [-0.2, -0.15) is 0 Å². The molecule has 132 valence electrons. The Balaban J connectivity index is 1.83. The van der Waals surface area contributed by atoms with Crippen molar-refractivity contribution in [1.82, 2.24) is 0 Å². The van der Waals surface area contributed by atoms with Crippen molar-refractivity contribution < 1.29 is 15.3 Å². The van der Waals surface area contributed by atoms with Crippen molar-refractivity contribution in [1.29, 1.82) is 0 Å². The normalized spacial score (nSPS) is 56.7. The first kappa shape index (κ1) is 16.4. The van der Waals surface area contributed by atoms with Gasteiger partial charge in [-0.05, 0) is 79.4 Å². The van der Waals surface area contributed by atoms with Crippen molar-refractivity contribution in [2.24, 2.45) is 39.9 Å². The van der Waals surface area contributed by atoms with Crippen LogP contribution in [0.2, 0.25) is 0 Å². The van der Waals surface area contributed by atoms with Gasteiger partial charge in [-0.15, -0.1) is 0 Å². The van der Waals surface area contributed by atoms with Crippen molar-refractivity contribution in [3.63, 3.8) is 0 Å². The van der Waals surface area contributed by atoms with Crippen LogP contribution in [0.25, 0.3) is 0 Å². The summed E-state index contributed by atoms with van der Waals surface area (Å²) < 4.78 is 0. The molecule has 0 aromatic heterocycles. The Morgan fingerprint density at radius 2 is 1.57 bits per heavy atom. The second kappa shape index (κ2) is 4.53. The molecule has 0 radical (unpaired) electrons. The van der Waals surface area contributed by atoms with Gasteiger partial charge in [0, 0.05) is 5.41 Å². The van der Waals surface area contributed by atoms with Crippen LogP contribution in [-0.4, -0.2) is 27.2 Å². The molecular weight excluding hydrogens is 288 g/mol. The van der Waals surface area contributed by atoms with Crippen molar-refractivity contribution >= 4 is 0 Å². The number of hydrogen-bond acceptors (Lipinski definition) is 3. The van der Waals surface area contributed by atoms with E-state index in [1.54, 1.807) is 0 Å². The zero-order valence-corrected chi connectivity index (χ0v) is 15.2. The molecule has 3 heteroatoms. The molecule has 3 nitrogen and oxygen atoms in total. The van der Waals surface area contributed by atoms with Crippen LogP contribution in [0.1, 0.15) is 72.6 Å². The van der Waals surface area contributed by atoms with Crippen LogP contribution < -0.4 is 0 Å². The first-order chi connectivity index (χ1) is 10.5. The molecule has 1 spiro atoms. The topological polar surface area (TPSA) is 60.7 Å². The van der Waals surface area contributed by atoms with E-state index in [1.807, 2.05) is 0 Å². The summed E-state index contributed by atoms with van der Waals surface area (Å²) in [5, 5.41) is 32.7. The van der Waals surface area contributed by atoms with Gasteiger partial charge in [0.05, 0.1) is 0 Å². The summed E-state index contributed by atoms with van der Waals surface area (Å²) in [5.41, 5.74) is -0.343. The van der Waals surface area contributed by atoms with E-state index < -0.39 is 17.3 Å². The molecule has 3 N–H and O–H groups in total. The Morgan fingerprint density at radius 3 is 2.26 bits per heavy atom. The van der Waals surface area contributed by atoms with E-state index in [-0.39, 0.29) is 16.7 Å². The fourth-order valence-corrected chi connectivity index (χ4v) is 8.12. The average molecular weight is 322 g/mol. The Labute approximate surface area is 140 Å². The van der Waals surface area contributed by atoms with E-state index in [2.05, 4.69) is 27.7 Å². The van der Waals surface area contributed by atoms with Gasteiger partial charge in [0.1, 0.15) is 6.10 Å². The number of aliphatic hydroxyl groups excluding tert-OH is 1. The predicted octanol–water partition coefficient (Wildman–Crippen LogP) is 3.32. The van der Waals surface area contributed by atoms with Gasteiger partial charge >= 0.3 is 0 Å². The summed E-state index contributed by atoms with van der Waals surface area (Å²) in [6.45, 7) is 8.92. The van der Waals surface area contributed by atoms with E-state index in [0.717, 1.165) is 24.7 Å². The first-order valence-corrected chi connectivity index (χ1v) is 9.67. The van der Waals surface area contributed by atoms with Crippen LogP contribution in [0.15, 0.2) is 0 Å². The largest absolute Gasteiger partial charge is 0.387 e. The highest BCUT2D eigenvalue weighted by molar-refractivity contribution is 5.18. The highest BCUT2D eigenvalue weighted by atomic mass is 16.5. The Kier molecular flexibility index (Phi) is 3.22. The number of aliphatic hydroxyl groups is 3. The van der Waals surface area contributed by atoms with Crippen molar-refractivity contribution in [3.05, 3.63) is 0 Å². The van der Waals surface area contributed by atoms with E-state index in [1.165, 1.54) is 25.7 Å². The van der Waals surface area contributed by atoms with Gasteiger partial charge < -0.3 is 15.3 Å². The maximum atomic E-state index is 11.1. The third-order valence-corrected chi connectivity index (χ3v) is 9.07. The Morgan fingerprint density at radius 1 is 0.870 bits per heavy atom. The smallest absolute Gasteiger partial charge is 0.195 e. The van der Waals surface area contributed by atoms with Gasteiger partial charge in [-0.25, -0.2) is 0 Å². The van der Waals surface area contributed by atoms with Gasteiger partial charge in [0.2, 0.25) is 0 Å². The molecule has 0 heterocycles. The molecule has 0 aromatic rings. The maximum Gasteiger partial charge on any atom is 0.195 e. The third kappa shape index (κ3) is 1.82. The standard InChI is InChI=1S/C20H34O3/c1-12-9-19-8-7-14-17(2,3)11-16(21)20(22,23)18(14,4)15(19)6-5-13(12)10-19/h12-16,21-23H,5-11H2,1-4H3/t12-,13+,14+,15+,16?,18+,19+/m1/s1. The van der Waals surface area contributed by atoms with Crippen molar-refractivity contribution in [3.8, 4) is 0 Å². The first-order valence-electron chi connectivity index (χ1n) is 9.67. The lowest BCUT2D eigenvalue weighted by atomic mass is 9.39. The number of fused-ring (bicyclic) bond motifs is 3. The van der Waals surface area contributed by atoms with E-state index >= 15 is 0 Å². The molecule has 7 atom stereocenters. The van der Waals surface area contributed by atoms with Crippen LogP contribution in [-0.2, 0) is 0 Å². The molecular formula is C20H34O3. The molecule has 2 bridgehead atoms. The Bertz CT molecular complexity index is 509. The summed E-state index contributed by atoms with van der Waals surface area (Å²) in [6, 6.07) is 0. The second-order valence-corrected chi connectivity index (χ2v) is 10.4. The number of hydrogen-bond donors (Lipinski definition) is 3. The minimum absolute atomic E-state index is 0.0359. The molecule has 4 fully saturated rings. The van der Waals surface area contributed by atoms with Gasteiger partial charge in [-0.3, -0.25) is 0 Å². The SMILES string of the molecule is C[C@@H]1C[C@]23CC[C@H]4C(C)(C)CC(O)C(O)(O)[C@]4(C)[C@@H]2CC[C@H]1C3. The van der Waals surface area contributed by atoms with Crippen LogP contribution in [0.5, 0.6) is 0 Å². The molecule has 23 heavy (non-hydrogen) atoms. The molecule has 0 amide bonds. The lowest BCUT2D eigenvalue weighted by Gasteiger charge is -2.68. The van der Waals surface area contributed by atoms with E-state index in [0.29, 0.717) is 12.3 Å². The molecule has 4 aliphatic carbocycles. The quantitative estimate of drug-likeness (QED) is 0.600. The lowest BCUT2D eigenvalue weighted by Crippen LogP contribution is -2.71. The molecule has 4 aliphatic rings. The summed E-state index contributed by atoms with van der Waals surface area (Å²) in [6.07, 6.45) is 6.62. The molecule has 4 saturated carbocycles. The van der Waals surface area contributed by atoms with Gasteiger partial charge in [0.15, 0.2) is 5.79 Å². The zero-order chi connectivity index (χ0) is 16.8. The molecule has 4 rings (SSSR count).